The zero-order valence-corrected chi connectivity index (χ0v) is 9.44. The van der Waals surface area contributed by atoms with Gasteiger partial charge in [-0.3, -0.25) is 10.1 Å². The van der Waals surface area contributed by atoms with Gasteiger partial charge in [0.05, 0.1) is 11.2 Å². The topological polar surface area (TPSA) is 67.6 Å². The van der Waals surface area contributed by atoms with Crippen LogP contribution in [-0.4, -0.2) is 15.2 Å². The smallest absolute Gasteiger partial charge is 0.145 e. The molecule has 4 nitrogen and oxygen atoms in total. The summed E-state index contributed by atoms with van der Waals surface area (Å²) >= 11 is 0. The second kappa shape index (κ2) is 3.59. The minimum absolute atomic E-state index is 0.499. The summed E-state index contributed by atoms with van der Waals surface area (Å²) < 4.78 is 0. The highest BCUT2D eigenvalue weighted by Gasteiger charge is 2.07. The molecule has 4 heteroatoms. The number of nitrogens with zero attached hydrogens (tertiary/aromatic N) is 2. The monoisotopic (exact) mass is 224 g/mol. The van der Waals surface area contributed by atoms with Crippen LogP contribution in [0, 0.1) is 6.92 Å². The number of aryl methyl sites for hydroxylation is 1. The van der Waals surface area contributed by atoms with E-state index in [4.69, 9.17) is 5.73 Å². The highest BCUT2D eigenvalue weighted by atomic mass is 15.2. The molecule has 84 valence electrons. The maximum atomic E-state index is 5.64. The Labute approximate surface area is 98.5 Å². The molecule has 0 saturated heterocycles. The number of nitrogens with two attached hydrogens (primary N) is 1. The fourth-order valence-corrected chi connectivity index (χ4v) is 2.01. The summed E-state index contributed by atoms with van der Waals surface area (Å²) in [5.74, 6) is 0.499. The summed E-state index contributed by atoms with van der Waals surface area (Å²) in [5, 5.41) is 8.00. The molecule has 0 bridgehead atoms. The van der Waals surface area contributed by atoms with Gasteiger partial charge in [-0.25, -0.2) is 0 Å². The van der Waals surface area contributed by atoms with Crippen LogP contribution in [0.25, 0.3) is 22.2 Å². The molecule has 0 saturated carbocycles. The quantitative estimate of drug-likeness (QED) is 0.667. The fourth-order valence-electron chi connectivity index (χ4n) is 2.01. The van der Waals surface area contributed by atoms with E-state index in [-0.39, 0.29) is 0 Å². The number of hydrogen-bond donors (Lipinski definition) is 2. The highest BCUT2D eigenvalue weighted by Crippen LogP contribution is 2.27. The summed E-state index contributed by atoms with van der Waals surface area (Å²) in [4.78, 5) is 4.50. The summed E-state index contributed by atoms with van der Waals surface area (Å²) in [6.45, 7) is 1.98. The van der Waals surface area contributed by atoms with Crippen LogP contribution in [0.1, 0.15) is 5.69 Å². The van der Waals surface area contributed by atoms with Crippen molar-refractivity contribution in [2.45, 2.75) is 6.92 Å². The first-order chi connectivity index (χ1) is 8.24. The molecule has 3 rings (SSSR count). The maximum absolute atomic E-state index is 5.64. The third-order valence-corrected chi connectivity index (χ3v) is 2.73. The lowest BCUT2D eigenvalue weighted by atomic mass is 10.1. The Balaban J connectivity index is 2.35. The molecular formula is C13H12N4. The van der Waals surface area contributed by atoms with E-state index in [0.29, 0.717) is 5.82 Å². The van der Waals surface area contributed by atoms with E-state index in [1.807, 2.05) is 43.3 Å². The van der Waals surface area contributed by atoms with Crippen LogP contribution in [0.3, 0.4) is 0 Å². The Morgan fingerprint density at radius 3 is 2.76 bits per heavy atom. The van der Waals surface area contributed by atoms with Gasteiger partial charge in [-0.05, 0) is 19.1 Å². The van der Waals surface area contributed by atoms with Gasteiger partial charge in [0.2, 0.25) is 0 Å². The van der Waals surface area contributed by atoms with Gasteiger partial charge in [0, 0.05) is 22.7 Å². The number of para-hydroxylation sites is 1. The van der Waals surface area contributed by atoms with Crippen molar-refractivity contribution in [2.24, 2.45) is 0 Å². The van der Waals surface area contributed by atoms with Crippen molar-refractivity contribution >= 4 is 16.7 Å². The number of aromatic nitrogens is 3. The zero-order valence-electron chi connectivity index (χ0n) is 9.44. The van der Waals surface area contributed by atoms with E-state index in [2.05, 4.69) is 15.2 Å². The lowest BCUT2D eigenvalue weighted by Crippen LogP contribution is -1.88. The number of hydrogen-bond acceptors (Lipinski definition) is 3. The van der Waals surface area contributed by atoms with Crippen LogP contribution < -0.4 is 5.73 Å². The molecule has 17 heavy (non-hydrogen) atoms. The molecule has 2 aromatic heterocycles. The number of benzene rings is 1. The van der Waals surface area contributed by atoms with Crippen molar-refractivity contribution in [3.05, 3.63) is 42.1 Å². The second-order valence-corrected chi connectivity index (χ2v) is 4.03. The van der Waals surface area contributed by atoms with Gasteiger partial charge in [0.15, 0.2) is 0 Å². The molecule has 0 unspecified atom stereocenters. The van der Waals surface area contributed by atoms with Crippen LogP contribution >= 0.6 is 0 Å². The van der Waals surface area contributed by atoms with E-state index in [0.717, 1.165) is 27.9 Å². The fraction of sp³-hybridized carbons (Fsp3) is 0.0769. The molecular weight excluding hydrogens is 212 g/mol. The Morgan fingerprint density at radius 2 is 2.00 bits per heavy atom. The average Bonchev–Trinajstić information content (AvgIpc) is 2.74. The first-order valence-electron chi connectivity index (χ1n) is 5.42. The second-order valence-electron chi connectivity index (χ2n) is 4.03. The van der Waals surface area contributed by atoms with Crippen LogP contribution in [0.2, 0.25) is 0 Å². The number of nitrogens with one attached hydrogen (secondary N) is 1. The molecule has 0 spiro atoms. The van der Waals surface area contributed by atoms with E-state index in [1.165, 1.54) is 0 Å². The van der Waals surface area contributed by atoms with Gasteiger partial charge in [0.25, 0.3) is 0 Å². The molecule has 1 aromatic carbocycles. The normalized spacial score (nSPS) is 10.9. The Bertz CT molecular complexity index is 685. The number of rotatable bonds is 1. The molecule has 3 aromatic rings. The minimum Gasteiger partial charge on any atom is -0.382 e. The van der Waals surface area contributed by atoms with Gasteiger partial charge >= 0.3 is 0 Å². The standard InChI is InChI=1S/C13H12N4/c1-8-6-10(12-7-13(14)17-16-12)9-4-2-3-5-11(9)15-8/h2-7H,1H3,(H3,14,16,17). The minimum atomic E-state index is 0.499. The summed E-state index contributed by atoms with van der Waals surface area (Å²) in [7, 11) is 0. The number of fused-ring (bicyclic) bond motifs is 1. The van der Waals surface area contributed by atoms with E-state index < -0.39 is 0 Å². The zero-order chi connectivity index (χ0) is 11.8. The van der Waals surface area contributed by atoms with E-state index in [9.17, 15) is 0 Å². The van der Waals surface area contributed by atoms with E-state index in [1.54, 1.807) is 0 Å². The van der Waals surface area contributed by atoms with Crippen molar-refractivity contribution in [1.82, 2.24) is 15.2 Å². The van der Waals surface area contributed by atoms with Gasteiger partial charge in [-0.2, -0.15) is 5.10 Å². The molecule has 0 aliphatic heterocycles. The lowest BCUT2D eigenvalue weighted by Gasteiger charge is -2.05. The van der Waals surface area contributed by atoms with Gasteiger partial charge in [-0.15, -0.1) is 0 Å². The van der Waals surface area contributed by atoms with E-state index >= 15 is 0 Å². The Hall–Kier alpha value is -2.36. The number of pyridine rings is 1. The number of nitrogen functional groups attached to an aromatic ring is 1. The Kier molecular flexibility index (Phi) is 2.08. The van der Waals surface area contributed by atoms with Gasteiger partial charge in [0.1, 0.15) is 5.82 Å². The molecule has 0 radical (unpaired) electrons. The highest BCUT2D eigenvalue weighted by molar-refractivity contribution is 5.93. The number of anilines is 1. The van der Waals surface area contributed by atoms with Crippen LogP contribution in [-0.2, 0) is 0 Å². The Morgan fingerprint density at radius 1 is 1.18 bits per heavy atom. The van der Waals surface area contributed by atoms with Crippen LogP contribution in [0.4, 0.5) is 5.82 Å². The predicted molar refractivity (Wildman–Crippen MR) is 68.5 cm³/mol. The lowest BCUT2D eigenvalue weighted by molar-refractivity contribution is 1.10. The molecule has 0 aliphatic carbocycles. The average molecular weight is 224 g/mol. The van der Waals surface area contributed by atoms with Crippen molar-refractivity contribution in [2.75, 3.05) is 5.73 Å². The molecule has 0 aliphatic rings. The van der Waals surface area contributed by atoms with Gasteiger partial charge < -0.3 is 5.73 Å². The first kappa shape index (κ1) is 9.84. The third-order valence-electron chi connectivity index (χ3n) is 2.73. The van der Waals surface area contributed by atoms with Crippen molar-refractivity contribution in [3.63, 3.8) is 0 Å². The van der Waals surface area contributed by atoms with Gasteiger partial charge in [-0.1, -0.05) is 18.2 Å². The molecule has 0 atom stereocenters. The van der Waals surface area contributed by atoms with Crippen molar-refractivity contribution in [3.8, 4) is 11.3 Å². The van der Waals surface area contributed by atoms with Crippen molar-refractivity contribution in [1.29, 1.82) is 0 Å². The molecule has 0 fully saturated rings. The predicted octanol–water partition coefficient (Wildman–Crippen LogP) is 2.52. The number of aromatic amines is 1. The summed E-state index contributed by atoms with van der Waals surface area (Å²) in [6, 6.07) is 11.9. The van der Waals surface area contributed by atoms with Crippen LogP contribution in [0.15, 0.2) is 36.4 Å². The SMILES string of the molecule is Cc1cc(-c2cc(N)n[nH]2)c2ccccc2n1. The molecule has 3 N–H and O–H groups in total. The third kappa shape index (κ3) is 1.63. The summed E-state index contributed by atoms with van der Waals surface area (Å²) in [5.41, 5.74) is 9.60. The largest absolute Gasteiger partial charge is 0.382 e. The molecule has 0 amide bonds. The summed E-state index contributed by atoms with van der Waals surface area (Å²) in [6.07, 6.45) is 0. The number of H-pyrrole nitrogens is 1. The first-order valence-corrected chi connectivity index (χ1v) is 5.42. The van der Waals surface area contributed by atoms with Crippen molar-refractivity contribution < 1.29 is 0 Å². The van der Waals surface area contributed by atoms with Crippen LogP contribution in [0.5, 0.6) is 0 Å². The molecule has 2 heterocycles. The maximum Gasteiger partial charge on any atom is 0.145 e.